The zero-order chi connectivity index (χ0) is 16.5. The van der Waals surface area contributed by atoms with Crippen LogP contribution < -0.4 is 14.8 Å². The monoisotopic (exact) mass is 333 g/mol. The summed E-state index contributed by atoms with van der Waals surface area (Å²) in [6, 6.07) is 14.9. The van der Waals surface area contributed by atoms with Crippen LogP contribution in [0.15, 0.2) is 48.5 Å². The number of hydrogen-bond acceptors (Lipinski definition) is 3. The highest BCUT2D eigenvalue weighted by molar-refractivity contribution is 6.31. The number of nitrogens with one attached hydrogen (secondary N) is 1. The minimum absolute atomic E-state index is 0.0146. The van der Waals surface area contributed by atoms with Crippen molar-refractivity contribution >= 4 is 17.5 Å². The van der Waals surface area contributed by atoms with Gasteiger partial charge in [-0.25, -0.2) is 0 Å². The average molecular weight is 334 g/mol. The molecule has 0 aliphatic heterocycles. The first kappa shape index (κ1) is 17.2. The molecule has 1 N–H and O–H groups in total. The van der Waals surface area contributed by atoms with E-state index in [0.717, 1.165) is 23.4 Å². The Kier molecular flexibility index (Phi) is 6.76. The fraction of sp³-hybridized carbons (Fsp3) is 0.278. The molecule has 0 saturated carbocycles. The number of amides is 1. The van der Waals surface area contributed by atoms with Crippen LogP contribution in [0.25, 0.3) is 0 Å². The molecule has 0 aromatic heterocycles. The number of carbonyl (C=O) groups is 1. The fourth-order valence-corrected chi connectivity index (χ4v) is 2.33. The van der Waals surface area contributed by atoms with Crippen molar-refractivity contribution < 1.29 is 14.3 Å². The van der Waals surface area contributed by atoms with Gasteiger partial charge in [-0.3, -0.25) is 4.79 Å². The molecule has 0 spiro atoms. The maximum atomic E-state index is 11.8. The maximum absolute atomic E-state index is 11.8. The number of ether oxygens (including phenoxy) is 2. The Morgan fingerprint density at radius 2 is 1.91 bits per heavy atom. The number of halogens is 1. The minimum atomic E-state index is -0.146. The zero-order valence-corrected chi connectivity index (χ0v) is 13.8. The molecule has 2 aromatic carbocycles. The van der Waals surface area contributed by atoms with Gasteiger partial charge in [0.25, 0.3) is 5.91 Å². The molecule has 0 aliphatic rings. The van der Waals surface area contributed by atoms with E-state index >= 15 is 0 Å². The standard InChI is InChI=1S/C18H20ClNO3/c1-22-15-8-4-9-16(12-15)23-13-18(21)20-11-5-7-14-6-2-3-10-17(14)19/h2-4,6,8-10,12H,5,7,11,13H2,1H3,(H,20,21). The highest BCUT2D eigenvalue weighted by Crippen LogP contribution is 2.18. The molecule has 5 heteroatoms. The summed E-state index contributed by atoms with van der Waals surface area (Å²) in [5.74, 6) is 1.16. The molecule has 0 unspecified atom stereocenters. The van der Waals surface area contributed by atoms with Crippen LogP contribution in [0.5, 0.6) is 11.5 Å². The van der Waals surface area contributed by atoms with Gasteiger partial charge in [-0.2, -0.15) is 0 Å². The van der Waals surface area contributed by atoms with Gasteiger partial charge in [0, 0.05) is 17.6 Å². The average Bonchev–Trinajstić information content (AvgIpc) is 2.58. The Morgan fingerprint density at radius 3 is 2.70 bits per heavy atom. The largest absolute Gasteiger partial charge is 0.497 e. The third-order valence-corrected chi connectivity index (χ3v) is 3.68. The summed E-state index contributed by atoms with van der Waals surface area (Å²) in [5.41, 5.74) is 1.09. The fourth-order valence-electron chi connectivity index (χ4n) is 2.10. The van der Waals surface area contributed by atoms with Crippen molar-refractivity contribution in [1.29, 1.82) is 0 Å². The highest BCUT2D eigenvalue weighted by atomic mass is 35.5. The summed E-state index contributed by atoms with van der Waals surface area (Å²) in [5, 5.41) is 3.60. The number of methoxy groups -OCH3 is 1. The van der Waals surface area contributed by atoms with Crippen molar-refractivity contribution in [3.8, 4) is 11.5 Å². The Labute approximate surface area is 141 Å². The predicted molar refractivity (Wildman–Crippen MR) is 91.3 cm³/mol. The summed E-state index contributed by atoms with van der Waals surface area (Å²) in [4.78, 5) is 11.8. The molecule has 2 rings (SSSR count). The molecular formula is C18H20ClNO3. The van der Waals surface area contributed by atoms with Crippen LogP contribution in [0.3, 0.4) is 0 Å². The molecule has 2 aromatic rings. The minimum Gasteiger partial charge on any atom is -0.497 e. The molecule has 4 nitrogen and oxygen atoms in total. The van der Waals surface area contributed by atoms with E-state index in [9.17, 15) is 4.79 Å². The number of rotatable bonds is 8. The van der Waals surface area contributed by atoms with Crippen LogP contribution in [0, 0.1) is 0 Å². The molecule has 0 radical (unpaired) electrons. The van der Waals surface area contributed by atoms with Gasteiger partial charge in [0.2, 0.25) is 0 Å². The lowest BCUT2D eigenvalue weighted by molar-refractivity contribution is -0.123. The lowest BCUT2D eigenvalue weighted by Crippen LogP contribution is -2.29. The van der Waals surface area contributed by atoms with Crippen molar-refractivity contribution in [2.24, 2.45) is 0 Å². The van der Waals surface area contributed by atoms with Crippen LogP contribution >= 0.6 is 11.6 Å². The van der Waals surface area contributed by atoms with E-state index in [1.54, 1.807) is 19.2 Å². The van der Waals surface area contributed by atoms with E-state index in [-0.39, 0.29) is 12.5 Å². The van der Waals surface area contributed by atoms with Crippen LogP contribution in [-0.2, 0) is 11.2 Å². The van der Waals surface area contributed by atoms with Gasteiger partial charge in [0.05, 0.1) is 7.11 Å². The second-order valence-corrected chi connectivity index (χ2v) is 5.42. The SMILES string of the molecule is COc1cccc(OCC(=O)NCCCc2ccccc2Cl)c1. The third kappa shape index (κ3) is 5.83. The van der Waals surface area contributed by atoms with Crippen LogP contribution in [0.1, 0.15) is 12.0 Å². The van der Waals surface area contributed by atoms with Crippen molar-refractivity contribution in [1.82, 2.24) is 5.32 Å². The van der Waals surface area contributed by atoms with E-state index in [0.29, 0.717) is 18.0 Å². The maximum Gasteiger partial charge on any atom is 0.257 e. The van der Waals surface area contributed by atoms with Gasteiger partial charge in [0.1, 0.15) is 11.5 Å². The van der Waals surface area contributed by atoms with E-state index in [2.05, 4.69) is 5.32 Å². The van der Waals surface area contributed by atoms with E-state index in [4.69, 9.17) is 21.1 Å². The third-order valence-electron chi connectivity index (χ3n) is 3.31. The van der Waals surface area contributed by atoms with Crippen LogP contribution in [0.2, 0.25) is 5.02 Å². The first-order valence-electron chi connectivity index (χ1n) is 7.46. The second-order valence-electron chi connectivity index (χ2n) is 5.01. The van der Waals surface area contributed by atoms with Crippen molar-refractivity contribution in [2.75, 3.05) is 20.3 Å². The quantitative estimate of drug-likeness (QED) is 0.752. The Hall–Kier alpha value is -2.20. The van der Waals surface area contributed by atoms with Crippen molar-refractivity contribution in [2.45, 2.75) is 12.8 Å². The summed E-state index contributed by atoms with van der Waals surface area (Å²) in [7, 11) is 1.59. The summed E-state index contributed by atoms with van der Waals surface area (Å²) >= 11 is 6.09. The highest BCUT2D eigenvalue weighted by Gasteiger charge is 2.04. The summed E-state index contributed by atoms with van der Waals surface area (Å²) in [6.45, 7) is 0.574. The normalized spacial score (nSPS) is 10.2. The number of carbonyl (C=O) groups excluding carboxylic acids is 1. The lowest BCUT2D eigenvalue weighted by Gasteiger charge is -2.09. The smallest absolute Gasteiger partial charge is 0.257 e. The predicted octanol–water partition coefficient (Wildman–Crippen LogP) is 3.48. The van der Waals surface area contributed by atoms with Crippen LogP contribution in [0.4, 0.5) is 0 Å². The van der Waals surface area contributed by atoms with Gasteiger partial charge in [-0.05, 0) is 36.6 Å². The van der Waals surface area contributed by atoms with Gasteiger partial charge in [0.15, 0.2) is 6.61 Å². The number of benzene rings is 2. The molecular weight excluding hydrogens is 314 g/mol. The summed E-state index contributed by atoms with van der Waals surface area (Å²) < 4.78 is 10.5. The Bertz CT molecular complexity index is 646. The molecule has 0 aliphatic carbocycles. The number of hydrogen-bond donors (Lipinski definition) is 1. The van der Waals surface area contributed by atoms with Crippen molar-refractivity contribution in [3.63, 3.8) is 0 Å². The first-order valence-corrected chi connectivity index (χ1v) is 7.84. The molecule has 0 fully saturated rings. The van der Waals surface area contributed by atoms with E-state index < -0.39 is 0 Å². The van der Waals surface area contributed by atoms with Crippen LogP contribution in [-0.4, -0.2) is 26.2 Å². The topological polar surface area (TPSA) is 47.6 Å². The Morgan fingerprint density at radius 1 is 1.13 bits per heavy atom. The van der Waals surface area contributed by atoms with E-state index in [1.165, 1.54) is 0 Å². The molecule has 0 saturated heterocycles. The number of aryl methyl sites for hydroxylation is 1. The molecule has 0 heterocycles. The van der Waals surface area contributed by atoms with Crippen molar-refractivity contribution in [3.05, 3.63) is 59.1 Å². The van der Waals surface area contributed by atoms with Gasteiger partial charge < -0.3 is 14.8 Å². The Balaban J connectivity index is 1.66. The van der Waals surface area contributed by atoms with Gasteiger partial charge in [-0.15, -0.1) is 0 Å². The lowest BCUT2D eigenvalue weighted by atomic mass is 10.1. The molecule has 0 bridgehead atoms. The molecule has 122 valence electrons. The van der Waals surface area contributed by atoms with Gasteiger partial charge >= 0.3 is 0 Å². The summed E-state index contributed by atoms with van der Waals surface area (Å²) in [6.07, 6.45) is 1.66. The molecule has 1 amide bonds. The molecule has 23 heavy (non-hydrogen) atoms. The second kappa shape index (κ2) is 9.06. The van der Waals surface area contributed by atoms with Gasteiger partial charge in [-0.1, -0.05) is 35.9 Å². The van der Waals surface area contributed by atoms with E-state index in [1.807, 2.05) is 36.4 Å². The zero-order valence-electron chi connectivity index (χ0n) is 13.0. The molecule has 0 atom stereocenters. The first-order chi connectivity index (χ1) is 11.2.